The Hall–Kier alpha value is -4.04. The van der Waals surface area contributed by atoms with Crippen LogP contribution in [0.2, 0.25) is 0 Å². The van der Waals surface area contributed by atoms with Crippen LogP contribution < -0.4 is 5.32 Å². The highest BCUT2D eigenvalue weighted by Gasteiger charge is 2.24. The molecule has 0 aliphatic heterocycles. The monoisotopic (exact) mass is 448 g/mol. The van der Waals surface area contributed by atoms with Gasteiger partial charge in [-0.2, -0.15) is 0 Å². The molecule has 1 heterocycles. The number of hydrogen-bond donors (Lipinski definition) is 4. The highest BCUT2D eigenvalue weighted by Crippen LogP contribution is 2.37. The van der Waals surface area contributed by atoms with Crippen molar-refractivity contribution in [1.29, 1.82) is 0 Å². The topological polar surface area (TPSA) is 119 Å². The summed E-state index contributed by atoms with van der Waals surface area (Å²) in [5, 5.41) is 23.3. The summed E-state index contributed by atoms with van der Waals surface area (Å²) >= 11 is 0. The van der Waals surface area contributed by atoms with Crippen LogP contribution in [0.4, 0.5) is 5.69 Å². The van der Waals surface area contributed by atoms with Crippen molar-refractivity contribution < 1.29 is 23.4 Å². The molecule has 0 fully saturated rings. The zero-order chi connectivity index (χ0) is 22.9. The zero-order valence-electron chi connectivity index (χ0n) is 17.0. The Bertz CT molecular complexity index is 1380. The van der Waals surface area contributed by atoms with Crippen LogP contribution >= 0.6 is 0 Å². The summed E-state index contributed by atoms with van der Waals surface area (Å²) in [5.74, 6) is -1.43. The summed E-state index contributed by atoms with van der Waals surface area (Å²) in [5.41, 5.74) is 2.76. The van der Waals surface area contributed by atoms with Crippen molar-refractivity contribution in [3.05, 3.63) is 84.4 Å². The molecule has 0 saturated heterocycles. The smallest absolute Gasteiger partial charge is 0.264 e. The number of benzene rings is 3. The normalized spacial score (nSPS) is 11.3. The van der Waals surface area contributed by atoms with Gasteiger partial charge in [0.15, 0.2) is 15.6 Å². The van der Waals surface area contributed by atoms with E-state index >= 15 is 0 Å². The first-order chi connectivity index (χ1) is 15.2. The fraction of sp³-hybridized carbons (Fsp3) is 0.0417. The molecule has 0 aliphatic rings. The number of amides is 1. The first-order valence-electron chi connectivity index (χ1n) is 9.65. The lowest BCUT2D eigenvalue weighted by atomic mass is 10.1. The van der Waals surface area contributed by atoms with Crippen molar-refractivity contribution in [2.75, 3.05) is 11.6 Å². The lowest BCUT2D eigenvalue weighted by Gasteiger charge is -2.07. The van der Waals surface area contributed by atoms with Gasteiger partial charge in [0.1, 0.15) is 5.56 Å². The van der Waals surface area contributed by atoms with Crippen LogP contribution in [0.1, 0.15) is 10.4 Å². The summed E-state index contributed by atoms with van der Waals surface area (Å²) in [4.78, 5) is 15.6. The van der Waals surface area contributed by atoms with Gasteiger partial charge < -0.3 is 20.5 Å². The van der Waals surface area contributed by atoms with Crippen LogP contribution in [-0.2, 0) is 9.84 Å². The maximum absolute atomic E-state index is 12.7. The Morgan fingerprint density at radius 2 is 1.38 bits per heavy atom. The Kier molecular flexibility index (Phi) is 5.46. The van der Waals surface area contributed by atoms with E-state index in [4.69, 9.17) is 0 Å². The van der Waals surface area contributed by atoms with Crippen LogP contribution in [0.25, 0.3) is 22.4 Å². The van der Waals surface area contributed by atoms with Gasteiger partial charge in [-0.25, -0.2) is 8.42 Å². The summed E-state index contributed by atoms with van der Waals surface area (Å²) in [6, 6.07) is 22.3. The van der Waals surface area contributed by atoms with Gasteiger partial charge in [0.25, 0.3) is 5.91 Å². The molecule has 4 aromatic rings. The van der Waals surface area contributed by atoms with Crippen LogP contribution in [-0.4, -0.2) is 35.8 Å². The zero-order valence-corrected chi connectivity index (χ0v) is 17.8. The van der Waals surface area contributed by atoms with Crippen LogP contribution in [0.5, 0.6) is 11.6 Å². The Balaban J connectivity index is 1.53. The quantitative estimate of drug-likeness (QED) is 0.360. The van der Waals surface area contributed by atoms with Crippen molar-refractivity contribution in [3.63, 3.8) is 0 Å². The lowest BCUT2D eigenvalue weighted by Crippen LogP contribution is -2.11. The van der Waals surface area contributed by atoms with Crippen molar-refractivity contribution in [2.24, 2.45) is 0 Å². The number of anilines is 1. The molecule has 0 atom stereocenters. The second kappa shape index (κ2) is 8.24. The average Bonchev–Trinajstić information content (AvgIpc) is 3.08. The van der Waals surface area contributed by atoms with Gasteiger partial charge in [0, 0.05) is 17.5 Å². The standard InChI is InChI=1S/C24H20N2O5S/c1-32(30,31)19-13-9-16(10-14-19)15-7-11-18(12-8-15)25-23(28)20-22(27)21(26-24(20)29)17-5-3-2-4-6-17/h2-14,26-27,29H,1H3,(H,25,28). The molecule has 8 heteroatoms. The molecule has 0 radical (unpaired) electrons. The van der Waals surface area contributed by atoms with Gasteiger partial charge in [-0.05, 0) is 35.4 Å². The van der Waals surface area contributed by atoms with Crippen LogP contribution in [0, 0.1) is 0 Å². The highest BCUT2D eigenvalue weighted by atomic mass is 32.2. The van der Waals surface area contributed by atoms with E-state index in [0.717, 1.165) is 17.4 Å². The SMILES string of the molecule is CS(=O)(=O)c1ccc(-c2ccc(NC(=O)c3c(O)[nH]c(-c4ccccc4)c3O)cc2)cc1. The summed E-state index contributed by atoms with van der Waals surface area (Å²) in [6.45, 7) is 0. The summed E-state index contributed by atoms with van der Waals surface area (Å²) in [7, 11) is -3.26. The number of rotatable bonds is 5. The number of hydrogen-bond acceptors (Lipinski definition) is 5. The number of nitrogens with one attached hydrogen (secondary N) is 2. The molecule has 1 aromatic heterocycles. The number of carbonyl (C=O) groups excluding carboxylic acids is 1. The predicted molar refractivity (Wildman–Crippen MR) is 122 cm³/mol. The third-order valence-electron chi connectivity index (χ3n) is 5.00. The van der Waals surface area contributed by atoms with E-state index in [-0.39, 0.29) is 21.9 Å². The van der Waals surface area contributed by atoms with Gasteiger partial charge in [-0.1, -0.05) is 54.6 Å². The maximum atomic E-state index is 12.7. The molecule has 0 spiro atoms. The molecule has 4 N–H and O–H groups in total. The van der Waals surface area contributed by atoms with Crippen LogP contribution in [0.15, 0.2) is 83.8 Å². The number of sulfone groups is 1. The molecule has 0 unspecified atom stereocenters. The van der Waals surface area contributed by atoms with Gasteiger partial charge in [0.2, 0.25) is 5.88 Å². The minimum Gasteiger partial charge on any atom is -0.505 e. The third-order valence-corrected chi connectivity index (χ3v) is 6.13. The van der Waals surface area contributed by atoms with Crippen LogP contribution in [0.3, 0.4) is 0 Å². The molecular formula is C24H20N2O5S. The fourth-order valence-corrected chi connectivity index (χ4v) is 3.97. The van der Waals surface area contributed by atoms with Crippen molar-refractivity contribution >= 4 is 21.4 Å². The molecule has 1 amide bonds. The number of aromatic nitrogens is 1. The summed E-state index contributed by atoms with van der Waals surface area (Å²) in [6.07, 6.45) is 1.16. The lowest BCUT2D eigenvalue weighted by molar-refractivity contribution is 0.102. The Morgan fingerprint density at radius 1 is 0.812 bits per heavy atom. The minimum atomic E-state index is -3.26. The van der Waals surface area contributed by atoms with Crippen molar-refractivity contribution in [2.45, 2.75) is 4.90 Å². The second-order valence-corrected chi connectivity index (χ2v) is 9.28. The largest absolute Gasteiger partial charge is 0.505 e. The van der Waals surface area contributed by atoms with E-state index < -0.39 is 21.6 Å². The third kappa shape index (κ3) is 4.21. The molecule has 32 heavy (non-hydrogen) atoms. The van der Waals surface area contributed by atoms with E-state index in [9.17, 15) is 23.4 Å². The highest BCUT2D eigenvalue weighted by molar-refractivity contribution is 7.90. The van der Waals surface area contributed by atoms with Gasteiger partial charge in [0.05, 0.1) is 10.6 Å². The van der Waals surface area contributed by atoms with Gasteiger partial charge in [-0.3, -0.25) is 4.79 Å². The van der Waals surface area contributed by atoms with E-state index in [0.29, 0.717) is 11.3 Å². The van der Waals surface area contributed by atoms with E-state index in [1.54, 1.807) is 72.8 Å². The Labute approximate surface area is 184 Å². The molecule has 0 saturated carbocycles. The number of H-pyrrole nitrogens is 1. The summed E-state index contributed by atoms with van der Waals surface area (Å²) < 4.78 is 23.2. The number of aromatic hydroxyl groups is 2. The first kappa shape index (κ1) is 21.2. The van der Waals surface area contributed by atoms with Gasteiger partial charge >= 0.3 is 0 Å². The molecule has 162 valence electrons. The molecule has 7 nitrogen and oxygen atoms in total. The molecule has 0 aliphatic carbocycles. The molecular weight excluding hydrogens is 428 g/mol. The number of carbonyl (C=O) groups is 1. The first-order valence-corrected chi connectivity index (χ1v) is 11.5. The minimum absolute atomic E-state index is 0.242. The maximum Gasteiger partial charge on any atom is 0.264 e. The van der Waals surface area contributed by atoms with Gasteiger partial charge in [-0.15, -0.1) is 0 Å². The second-order valence-electron chi connectivity index (χ2n) is 7.27. The van der Waals surface area contributed by atoms with E-state index in [2.05, 4.69) is 10.3 Å². The molecule has 4 rings (SSSR count). The Morgan fingerprint density at radius 3 is 1.94 bits per heavy atom. The van der Waals surface area contributed by atoms with E-state index in [1.807, 2.05) is 6.07 Å². The van der Waals surface area contributed by atoms with E-state index in [1.165, 1.54) is 0 Å². The predicted octanol–water partition coefficient (Wildman–Crippen LogP) is 4.42. The number of aromatic amines is 1. The molecule has 3 aromatic carbocycles. The van der Waals surface area contributed by atoms with Crippen molar-refractivity contribution in [1.82, 2.24) is 4.98 Å². The molecule has 0 bridgehead atoms. The van der Waals surface area contributed by atoms with Crippen molar-refractivity contribution in [3.8, 4) is 34.0 Å². The fourth-order valence-electron chi connectivity index (χ4n) is 3.34. The average molecular weight is 449 g/mol.